The first kappa shape index (κ1) is 17.0. The third-order valence-corrected chi connectivity index (χ3v) is 5.33. The number of pyridine rings is 1. The number of anilines is 1. The zero-order valence-electron chi connectivity index (χ0n) is 14.2. The Kier molecular flexibility index (Phi) is 5.26. The summed E-state index contributed by atoms with van der Waals surface area (Å²) in [5.41, 5.74) is 7.28. The van der Waals surface area contributed by atoms with Crippen molar-refractivity contribution in [2.45, 2.75) is 45.1 Å². The predicted octanol–water partition coefficient (Wildman–Crippen LogP) is 3.23. The maximum absolute atomic E-state index is 12.6. The van der Waals surface area contributed by atoms with E-state index in [1.807, 2.05) is 5.38 Å². The minimum atomic E-state index is -0.135. The summed E-state index contributed by atoms with van der Waals surface area (Å²) in [5.74, 6) is 1.24. The third-order valence-electron chi connectivity index (χ3n) is 4.47. The lowest BCUT2D eigenvalue weighted by Gasteiger charge is -2.30. The number of carbonyl (C=O) groups is 1. The van der Waals surface area contributed by atoms with Gasteiger partial charge in [0, 0.05) is 23.5 Å². The molecule has 0 aliphatic carbocycles. The van der Waals surface area contributed by atoms with Gasteiger partial charge in [0.25, 0.3) is 0 Å². The van der Waals surface area contributed by atoms with Gasteiger partial charge < -0.3 is 11.1 Å². The molecule has 6 heteroatoms. The number of ketones is 1. The Morgan fingerprint density at radius 3 is 3.08 bits per heavy atom. The summed E-state index contributed by atoms with van der Waals surface area (Å²) in [6.45, 7) is 5.52. The molecule has 5 nitrogen and oxygen atoms in total. The Morgan fingerprint density at radius 2 is 2.33 bits per heavy atom. The van der Waals surface area contributed by atoms with Crippen LogP contribution in [0.2, 0.25) is 0 Å². The van der Waals surface area contributed by atoms with Gasteiger partial charge in [0.2, 0.25) is 5.78 Å². The fourth-order valence-electron chi connectivity index (χ4n) is 3.33. The monoisotopic (exact) mass is 344 g/mol. The molecule has 0 aromatic carbocycles. The molecule has 3 rings (SSSR count). The molecule has 128 valence electrons. The van der Waals surface area contributed by atoms with Crippen molar-refractivity contribution in [3.63, 3.8) is 0 Å². The zero-order chi connectivity index (χ0) is 17.1. The van der Waals surface area contributed by atoms with Crippen molar-refractivity contribution >= 4 is 22.9 Å². The lowest BCUT2D eigenvalue weighted by Crippen LogP contribution is -2.38. The van der Waals surface area contributed by atoms with E-state index in [9.17, 15) is 4.79 Å². The molecular weight excluding hydrogens is 320 g/mol. The Bertz CT molecular complexity index is 713. The van der Waals surface area contributed by atoms with Gasteiger partial charge in [0.05, 0.1) is 11.3 Å². The van der Waals surface area contributed by atoms with Gasteiger partial charge in [-0.1, -0.05) is 13.8 Å². The summed E-state index contributed by atoms with van der Waals surface area (Å²) >= 11 is 1.41. The summed E-state index contributed by atoms with van der Waals surface area (Å²) < 4.78 is 0. The van der Waals surface area contributed by atoms with Gasteiger partial charge in [0.15, 0.2) is 5.01 Å². The number of carbonyl (C=O) groups excluding carboxylic acids is 1. The first-order valence-electron chi connectivity index (χ1n) is 8.48. The Hall–Kier alpha value is -1.79. The van der Waals surface area contributed by atoms with Crippen LogP contribution >= 0.6 is 11.3 Å². The van der Waals surface area contributed by atoms with Gasteiger partial charge in [0.1, 0.15) is 5.82 Å². The molecule has 1 fully saturated rings. The van der Waals surface area contributed by atoms with Crippen molar-refractivity contribution in [1.29, 1.82) is 0 Å². The minimum Gasteiger partial charge on any atom is -0.383 e. The number of nitrogens with zero attached hydrogens (tertiary/aromatic N) is 2. The molecule has 2 aromatic heterocycles. The second-order valence-electron chi connectivity index (χ2n) is 6.84. The summed E-state index contributed by atoms with van der Waals surface area (Å²) in [7, 11) is 0. The summed E-state index contributed by atoms with van der Waals surface area (Å²) in [5, 5.41) is 6.13. The van der Waals surface area contributed by atoms with Crippen LogP contribution < -0.4 is 11.1 Å². The van der Waals surface area contributed by atoms with Crippen LogP contribution in [0.4, 0.5) is 5.82 Å². The van der Waals surface area contributed by atoms with E-state index < -0.39 is 0 Å². The Morgan fingerprint density at radius 1 is 1.50 bits per heavy atom. The zero-order valence-corrected chi connectivity index (χ0v) is 15.0. The minimum absolute atomic E-state index is 0.135. The number of rotatable bonds is 5. The quantitative estimate of drug-likeness (QED) is 0.814. The van der Waals surface area contributed by atoms with E-state index in [4.69, 9.17) is 5.73 Å². The fraction of sp³-hybridized carbons (Fsp3) is 0.500. The maximum Gasteiger partial charge on any atom is 0.225 e. The first-order chi connectivity index (χ1) is 11.5. The number of hydrogen-bond acceptors (Lipinski definition) is 6. The van der Waals surface area contributed by atoms with Gasteiger partial charge >= 0.3 is 0 Å². The van der Waals surface area contributed by atoms with Crippen molar-refractivity contribution in [3.05, 3.63) is 40.0 Å². The van der Waals surface area contributed by atoms with Gasteiger partial charge in [-0.25, -0.2) is 9.97 Å². The van der Waals surface area contributed by atoms with Gasteiger partial charge in [-0.3, -0.25) is 4.79 Å². The van der Waals surface area contributed by atoms with Crippen LogP contribution in [0, 0.1) is 5.92 Å². The highest BCUT2D eigenvalue weighted by Crippen LogP contribution is 2.31. The number of thiazole rings is 1. The lowest BCUT2D eigenvalue weighted by molar-refractivity contribution is 0.103. The van der Waals surface area contributed by atoms with Crippen LogP contribution in [0.25, 0.3) is 0 Å². The van der Waals surface area contributed by atoms with E-state index in [0.29, 0.717) is 28.4 Å². The summed E-state index contributed by atoms with van der Waals surface area (Å²) in [4.78, 5) is 21.2. The average Bonchev–Trinajstić information content (AvgIpc) is 3.04. The molecular formula is C18H24N4OS. The number of hydrogen-bond donors (Lipinski definition) is 2. The summed E-state index contributed by atoms with van der Waals surface area (Å²) in [6.07, 6.45) is 4.92. The normalized spacial score (nSPS) is 21.1. The first-order valence-corrected chi connectivity index (χ1v) is 9.36. The van der Waals surface area contributed by atoms with Crippen molar-refractivity contribution in [2.24, 2.45) is 5.92 Å². The van der Waals surface area contributed by atoms with Crippen LogP contribution in [-0.4, -0.2) is 28.3 Å². The number of aromatic nitrogens is 2. The van der Waals surface area contributed by atoms with Gasteiger partial charge in [-0.2, -0.15) is 0 Å². The highest BCUT2D eigenvalue weighted by atomic mass is 32.1. The number of nitrogens with two attached hydrogens (primary N) is 1. The van der Waals surface area contributed by atoms with Crippen molar-refractivity contribution in [3.8, 4) is 0 Å². The van der Waals surface area contributed by atoms with E-state index in [2.05, 4.69) is 29.1 Å². The molecule has 0 spiro atoms. The Labute approximate surface area is 146 Å². The molecule has 2 aromatic rings. The molecule has 0 radical (unpaired) electrons. The molecule has 1 unspecified atom stereocenters. The molecule has 0 saturated carbocycles. The van der Waals surface area contributed by atoms with Crippen molar-refractivity contribution in [2.75, 3.05) is 12.3 Å². The van der Waals surface area contributed by atoms with Crippen LogP contribution in [0.1, 0.15) is 60.1 Å². The van der Waals surface area contributed by atoms with E-state index in [1.165, 1.54) is 17.8 Å². The maximum atomic E-state index is 12.6. The third kappa shape index (κ3) is 3.82. The fourth-order valence-corrected chi connectivity index (χ4v) is 4.18. The topological polar surface area (TPSA) is 80.9 Å². The van der Waals surface area contributed by atoms with Gasteiger partial charge in [-0.15, -0.1) is 11.3 Å². The standard InChI is InChI=1S/C18H24N4OS/c1-11(2)8-13-9-12(5-7-20-13)15-10-24-18(22-15)16(23)14-4-3-6-21-17(14)19/h3-4,6,10-13,20H,5,7-9H2,1-2H3,(H2,19,21)/t12?,13-/m0/s1. The average molecular weight is 344 g/mol. The van der Waals surface area contributed by atoms with Crippen molar-refractivity contribution in [1.82, 2.24) is 15.3 Å². The summed E-state index contributed by atoms with van der Waals surface area (Å²) in [6, 6.07) is 3.97. The molecule has 0 amide bonds. The molecule has 0 bridgehead atoms. The second kappa shape index (κ2) is 7.40. The van der Waals surface area contributed by atoms with Crippen LogP contribution in [0.15, 0.2) is 23.7 Å². The number of nitrogens with one attached hydrogen (secondary N) is 1. The van der Waals surface area contributed by atoms with E-state index >= 15 is 0 Å². The molecule has 1 aliphatic rings. The lowest BCUT2D eigenvalue weighted by atomic mass is 9.87. The smallest absolute Gasteiger partial charge is 0.225 e. The molecule has 3 N–H and O–H groups in total. The van der Waals surface area contributed by atoms with Crippen LogP contribution in [0.3, 0.4) is 0 Å². The predicted molar refractivity (Wildman–Crippen MR) is 97.4 cm³/mol. The Balaban J connectivity index is 1.73. The largest absolute Gasteiger partial charge is 0.383 e. The number of nitrogen functional groups attached to an aromatic ring is 1. The van der Waals surface area contributed by atoms with E-state index in [0.717, 1.165) is 25.1 Å². The van der Waals surface area contributed by atoms with Crippen LogP contribution in [-0.2, 0) is 0 Å². The highest BCUT2D eigenvalue weighted by molar-refractivity contribution is 7.12. The molecule has 24 heavy (non-hydrogen) atoms. The number of piperidine rings is 1. The molecule has 1 saturated heterocycles. The molecule has 3 heterocycles. The highest BCUT2D eigenvalue weighted by Gasteiger charge is 2.26. The SMILES string of the molecule is CC(C)C[C@H]1CC(c2csc(C(=O)c3cccnc3N)n2)CCN1. The second-order valence-corrected chi connectivity index (χ2v) is 7.70. The van der Waals surface area contributed by atoms with E-state index in [-0.39, 0.29) is 11.6 Å². The van der Waals surface area contributed by atoms with E-state index in [1.54, 1.807) is 18.3 Å². The molecule has 1 aliphatic heterocycles. The van der Waals surface area contributed by atoms with Gasteiger partial charge in [-0.05, 0) is 43.9 Å². The van der Waals surface area contributed by atoms with Crippen molar-refractivity contribution < 1.29 is 4.79 Å². The molecule has 2 atom stereocenters. The van der Waals surface area contributed by atoms with Crippen LogP contribution in [0.5, 0.6) is 0 Å².